The fraction of sp³-hybridized carbons (Fsp3) is 0.364. The molecule has 0 fully saturated rings. The quantitative estimate of drug-likeness (QED) is 0.811. The molecule has 1 aromatic rings. The Morgan fingerprint density at radius 1 is 1.38 bits per heavy atom. The molecule has 0 radical (unpaired) electrons. The zero-order chi connectivity index (χ0) is 16.4. The van der Waals surface area contributed by atoms with Gasteiger partial charge in [0.2, 0.25) is 10.0 Å². The Labute approximate surface area is 117 Å². The maximum Gasteiger partial charge on any atom is 0.390 e. The summed E-state index contributed by atoms with van der Waals surface area (Å²) in [5, 5.41) is 8.62. The van der Waals surface area contributed by atoms with E-state index in [1.807, 2.05) is 0 Å². The maximum absolute atomic E-state index is 13.6. The van der Waals surface area contributed by atoms with Gasteiger partial charge in [0.15, 0.2) is 0 Å². The number of hydrogen-bond acceptors (Lipinski definition) is 3. The molecule has 21 heavy (non-hydrogen) atoms. The maximum atomic E-state index is 13.6. The summed E-state index contributed by atoms with van der Waals surface area (Å²) in [6.45, 7) is 0.981. The molecule has 1 atom stereocenters. The van der Waals surface area contributed by atoms with Crippen molar-refractivity contribution in [2.24, 2.45) is 0 Å². The molecule has 0 saturated carbocycles. The minimum absolute atomic E-state index is 0.477. The molecule has 0 amide bonds. The fourth-order valence-electron chi connectivity index (χ4n) is 1.57. The van der Waals surface area contributed by atoms with E-state index in [0.29, 0.717) is 12.1 Å². The monoisotopic (exact) mass is 329 g/mol. The lowest BCUT2D eigenvalue weighted by Gasteiger charge is -2.16. The van der Waals surface area contributed by atoms with Crippen LogP contribution in [0.4, 0.5) is 17.6 Å². The van der Waals surface area contributed by atoms with E-state index in [1.165, 1.54) is 0 Å². The first-order chi connectivity index (χ1) is 9.42. The first-order valence-corrected chi connectivity index (χ1v) is 7.02. The summed E-state index contributed by atoms with van der Waals surface area (Å²) in [5.74, 6) is -2.82. The highest BCUT2D eigenvalue weighted by Crippen LogP contribution is 2.23. The molecule has 0 spiro atoms. The van der Waals surface area contributed by atoms with E-state index >= 15 is 0 Å². The minimum Gasteiger partial charge on any atom is -0.478 e. The first-order valence-electron chi connectivity index (χ1n) is 5.54. The Hall–Kier alpha value is -1.68. The van der Waals surface area contributed by atoms with Gasteiger partial charge in [0.1, 0.15) is 10.7 Å². The predicted octanol–water partition coefficient (Wildman–Crippen LogP) is 2.14. The third-order valence-corrected chi connectivity index (χ3v) is 3.99. The molecule has 0 saturated heterocycles. The second kappa shape index (κ2) is 5.98. The van der Waals surface area contributed by atoms with Crippen LogP contribution in [0.5, 0.6) is 0 Å². The Morgan fingerprint density at radius 3 is 2.38 bits per heavy atom. The Balaban J connectivity index is 3.01. The number of carboxylic acids is 1. The SMILES string of the molecule is CC(CC(F)(F)F)NS(=O)(=O)c1ccc(C(=O)O)cc1F. The number of nitrogens with one attached hydrogen (secondary N) is 1. The number of benzene rings is 1. The first kappa shape index (κ1) is 17.4. The topological polar surface area (TPSA) is 83.5 Å². The van der Waals surface area contributed by atoms with Crippen molar-refractivity contribution in [1.29, 1.82) is 0 Å². The van der Waals surface area contributed by atoms with Crippen LogP contribution in [0.15, 0.2) is 23.1 Å². The average molecular weight is 329 g/mol. The second-order valence-electron chi connectivity index (χ2n) is 4.29. The van der Waals surface area contributed by atoms with Crippen LogP contribution in [0.25, 0.3) is 0 Å². The van der Waals surface area contributed by atoms with Crippen LogP contribution in [0, 0.1) is 5.82 Å². The highest BCUT2D eigenvalue weighted by Gasteiger charge is 2.32. The van der Waals surface area contributed by atoms with Gasteiger partial charge in [0.25, 0.3) is 0 Å². The highest BCUT2D eigenvalue weighted by atomic mass is 32.2. The third kappa shape index (κ3) is 4.97. The van der Waals surface area contributed by atoms with Gasteiger partial charge in [-0.15, -0.1) is 0 Å². The van der Waals surface area contributed by atoms with Crippen molar-refractivity contribution in [1.82, 2.24) is 4.72 Å². The molecule has 2 N–H and O–H groups in total. The predicted molar refractivity (Wildman–Crippen MR) is 63.8 cm³/mol. The lowest BCUT2D eigenvalue weighted by atomic mass is 10.2. The zero-order valence-electron chi connectivity index (χ0n) is 10.6. The molecule has 0 aliphatic rings. The number of carbonyl (C=O) groups is 1. The summed E-state index contributed by atoms with van der Waals surface area (Å²) in [4.78, 5) is 9.68. The van der Waals surface area contributed by atoms with Crippen LogP contribution in [0.1, 0.15) is 23.7 Å². The number of hydrogen-bond donors (Lipinski definition) is 2. The van der Waals surface area contributed by atoms with Crippen molar-refractivity contribution < 1.29 is 35.9 Å². The lowest BCUT2D eigenvalue weighted by molar-refractivity contribution is -0.137. The van der Waals surface area contributed by atoms with E-state index in [2.05, 4.69) is 0 Å². The van der Waals surface area contributed by atoms with Gasteiger partial charge in [0, 0.05) is 6.04 Å². The summed E-state index contributed by atoms with van der Waals surface area (Å²) >= 11 is 0. The normalized spacial score (nSPS) is 14.0. The summed E-state index contributed by atoms with van der Waals surface area (Å²) in [7, 11) is -4.52. The van der Waals surface area contributed by atoms with Crippen LogP contribution in [-0.2, 0) is 10.0 Å². The van der Waals surface area contributed by atoms with Crippen LogP contribution in [0.2, 0.25) is 0 Å². The number of carboxylic acid groups (broad SMARTS) is 1. The Kier molecular flexibility index (Phi) is 4.95. The zero-order valence-corrected chi connectivity index (χ0v) is 11.4. The highest BCUT2D eigenvalue weighted by molar-refractivity contribution is 7.89. The summed E-state index contributed by atoms with van der Waals surface area (Å²) in [6.07, 6.45) is -5.99. The molecule has 1 aromatic carbocycles. The van der Waals surface area contributed by atoms with Gasteiger partial charge in [-0.05, 0) is 25.1 Å². The fourth-order valence-corrected chi connectivity index (χ4v) is 2.87. The molecule has 10 heteroatoms. The van der Waals surface area contributed by atoms with Gasteiger partial charge in [-0.1, -0.05) is 0 Å². The van der Waals surface area contributed by atoms with E-state index in [1.54, 1.807) is 4.72 Å². The van der Waals surface area contributed by atoms with Gasteiger partial charge in [-0.25, -0.2) is 22.3 Å². The molecule has 0 heterocycles. The van der Waals surface area contributed by atoms with Gasteiger partial charge in [-0.3, -0.25) is 0 Å². The molecule has 0 aliphatic heterocycles. The second-order valence-corrected chi connectivity index (χ2v) is 5.97. The number of aromatic carboxylic acids is 1. The lowest BCUT2D eigenvalue weighted by Crippen LogP contribution is -2.36. The molecule has 1 unspecified atom stereocenters. The summed E-state index contributed by atoms with van der Waals surface area (Å²) in [6, 6.07) is 0.509. The Morgan fingerprint density at radius 2 is 1.95 bits per heavy atom. The number of rotatable bonds is 5. The summed E-state index contributed by atoms with van der Waals surface area (Å²) < 4.78 is 75.2. The van der Waals surface area contributed by atoms with Gasteiger partial charge in [-0.2, -0.15) is 13.2 Å². The largest absolute Gasteiger partial charge is 0.478 e. The number of alkyl halides is 3. The standard InChI is InChI=1S/C11H11F4NO4S/c1-6(5-11(13,14)15)16-21(19,20)9-3-2-7(10(17)18)4-8(9)12/h2-4,6,16H,5H2,1H3,(H,17,18). The van der Waals surface area contributed by atoms with Gasteiger partial charge >= 0.3 is 12.1 Å². The molecule has 5 nitrogen and oxygen atoms in total. The van der Waals surface area contributed by atoms with Crippen molar-refractivity contribution in [2.75, 3.05) is 0 Å². The molecule has 1 rings (SSSR count). The Bertz CT molecular complexity index is 642. The van der Waals surface area contributed by atoms with Crippen molar-refractivity contribution in [3.8, 4) is 0 Å². The smallest absolute Gasteiger partial charge is 0.390 e. The van der Waals surface area contributed by atoms with Crippen molar-refractivity contribution in [3.63, 3.8) is 0 Å². The summed E-state index contributed by atoms with van der Waals surface area (Å²) in [5.41, 5.74) is -0.477. The van der Waals surface area contributed by atoms with Gasteiger partial charge in [0.05, 0.1) is 12.0 Å². The van der Waals surface area contributed by atoms with Crippen molar-refractivity contribution >= 4 is 16.0 Å². The van der Waals surface area contributed by atoms with Crippen LogP contribution < -0.4 is 4.72 Å². The van der Waals surface area contributed by atoms with E-state index in [-0.39, 0.29) is 0 Å². The number of sulfonamides is 1. The number of halogens is 4. The van der Waals surface area contributed by atoms with Crippen molar-refractivity contribution in [3.05, 3.63) is 29.6 Å². The van der Waals surface area contributed by atoms with Crippen LogP contribution in [0.3, 0.4) is 0 Å². The van der Waals surface area contributed by atoms with E-state index < -0.39 is 50.9 Å². The van der Waals surface area contributed by atoms with E-state index in [9.17, 15) is 30.8 Å². The molecule has 118 valence electrons. The average Bonchev–Trinajstić information content (AvgIpc) is 2.24. The molecule has 0 aliphatic carbocycles. The van der Waals surface area contributed by atoms with E-state index in [0.717, 1.165) is 13.0 Å². The van der Waals surface area contributed by atoms with Gasteiger partial charge < -0.3 is 5.11 Å². The molecule has 0 aromatic heterocycles. The van der Waals surface area contributed by atoms with Crippen LogP contribution in [-0.4, -0.2) is 31.7 Å². The third-order valence-electron chi connectivity index (χ3n) is 2.36. The van der Waals surface area contributed by atoms with E-state index in [4.69, 9.17) is 5.11 Å². The minimum atomic E-state index is -4.58. The molecular weight excluding hydrogens is 318 g/mol. The van der Waals surface area contributed by atoms with Crippen molar-refractivity contribution in [2.45, 2.75) is 30.5 Å². The van der Waals surface area contributed by atoms with Crippen LogP contribution >= 0.6 is 0 Å². The molecular formula is C11H11F4NO4S. The molecule has 0 bridgehead atoms.